The molecule has 0 fully saturated rings. The number of carboxylic acids is 1. The second-order valence-electron chi connectivity index (χ2n) is 2.24. The Morgan fingerprint density at radius 3 is 2.50 bits per heavy atom. The number of carboxylic acid groups (broad SMARTS) is 1. The van der Waals surface area contributed by atoms with Gasteiger partial charge in [0.1, 0.15) is 6.26 Å². The smallest absolute Gasteiger partial charge is 0.357 e. The third-order valence-corrected chi connectivity index (χ3v) is 0.866. The molecule has 0 heterocycles. The summed E-state index contributed by atoms with van der Waals surface area (Å²) in [6, 6.07) is 0. The van der Waals surface area contributed by atoms with Crippen molar-refractivity contribution in [2.45, 2.75) is 20.0 Å². The van der Waals surface area contributed by atoms with Gasteiger partial charge in [0.25, 0.3) is 0 Å². The normalized spacial score (nSPS) is 12.4. The van der Waals surface area contributed by atoms with Crippen LogP contribution >= 0.6 is 0 Å². The average Bonchev–Trinajstić information content (AvgIpc) is 1.96. The average molecular weight is 173 g/mol. The summed E-state index contributed by atoms with van der Waals surface area (Å²) in [6.07, 6.45) is 1.33. The molecule has 0 aliphatic carbocycles. The van der Waals surface area contributed by atoms with Crippen molar-refractivity contribution in [2.24, 2.45) is 4.99 Å². The highest BCUT2D eigenvalue weighted by Gasteiger charge is 2.03. The molecular formula is C7H11NO4. The minimum atomic E-state index is -1.30. The molecule has 0 spiro atoms. The molecule has 5 heteroatoms. The number of hydrogen-bond acceptors (Lipinski definition) is 4. The Morgan fingerprint density at radius 2 is 2.17 bits per heavy atom. The summed E-state index contributed by atoms with van der Waals surface area (Å²) in [7, 11) is 0. The van der Waals surface area contributed by atoms with Crippen LogP contribution in [-0.2, 0) is 9.53 Å². The van der Waals surface area contributed by atoms with Gasteiger partial charge in [-0.2, -0.15) is 0 Å². The van der Waals surface area contributed by atoms with Gasteiger partial charge in [0, 0.05) is 0 Å². The molecule has 5 nitrogen and oxygen atoms in total. The van der Waals surface area contributed by atoms with E-state index in [1.54, 1.807) is 13.8 Å². The first kappa shape index (κ1) is 10.5. The van der Waals surface area contributed by atoms with Crippen LogP contribution in [0.3, 0.4) is 0 Å². The highest BCUT2D eigenvalue weighted by atomic mass is 16.5. The van der Waals surface area contributed by atoms with Crippen molar-refractivity contribution in [3.8, 4) is 0 Å². The zero-order valence-corrected chi connectivity index (χ0v) is 6.89. The summed E-state index contributed by atoms with van der Waals surface area (Å²) in [5.74, 6) is -1.30. The first-order valence-corrected chi connectivity index (χ1v) is 3.33. The van der Waals surface area contributed by atoms with E-state index in [4.69, 9.17) is 14.9 Å². The quantitative estimate of drug-likeness (QED) is 0.287. The van der Waals surface area contributed by atoms with Gasteiger partial charge in [-0.3, -0.25) is 0 Å². The SMILES string of the molecule is CC(C)OC=NC(=CO)C(=O)O. The molecule has 12 heavy (non-hydrogen) atoms. The van der Waals surface area contributed by atoms with Gasteiger partial charge in [-0.1, -0.05) is 0 Å². The minimum absolute atomic E-state index is 0.0671. The monoisotopic (exact) mass is 173 g/mol. The summed E-state index contributed by atoms with van der Waals surface area (Å²) < 4.78 is 4.82. The zero-order chi connectivity index (χ0) is 9.56. The molecule has 0 aliphatic heterocycles. The molecule has 68 valence electrons. The Bertz CT molecular complexity index is 207. The molecule has 0 saturated heterocycles. The van der Waals surface area contributed by atoms with E-state index >= 15 is 0 Å². The summed E-state index contributed by atoms with van der Waals surface area (Å²) in [6.45, 7) is 3.55. The largest absolute Gasteiger partial charge is 0.513 e. The molecule has 0 atom stereocenters. The second-order valence-corrected chi connectivity index (χ2v) is 2.24. The zero-order valence-electron chi connectivity index (χ0n) is 6.89. The number of aliphatic carboxylic acids is 1. The predicted octanol–water partition coefficient (Wildman–Crippen LogP) is 0.924. The molecule has 0 radical (unpaired) electrons. The number of aliphatic hydroxyl groups excluding tert-OH is 1. The molecule has 0 bridgehead atoms. The van der Waals surface area contributed by atoms with Crippen molar-refractivity contribution in [3.63, 3.8) is 0 Å². The Hall–Kier alpha value is -1.52. The van der Waals surface area contributed by atoms with Crippen molar-refractivity contribution in [2.75, 3.05) is 0 Å². The summed E-state index contributed by atoms with van der Waals surface area (Å²) >= 11 is 0. The molecule has 0 amide bonds. The maximum Gasteiger partial charge on any atom is 0.357 e. The van der Waals surface area contributed by atoms with Gasteiger partial charge in [-0.25, -0.2) is 9.79 Å². The van der Waals surface area contributed by atoms with Crippen LogP contribution < -0.4 is 0 Å². The maximum atomic E-state index is 10.2. The molecule has 0 saturated carbocycles. The van der Waals surface area contributed by atoms with Gasteiger partial charge >= 0.3 is 5.97 Å². The number of aliphatic imine (C=N–C) groups is 1. The third kappa shape index (κ3) is 4.32. The summed E-state index contributed by atoms with van der Waals surface area (Å²) in [5.41, 5.74) is -0.462. The standard InChI is InChI=1S/C7H11NO4/c1-5(2)12-4-8-6(3-9)7(10)11/h3-5,9H,1-2H3,(H,10,11). The van der Waals surface area contributed by atoms with Crippen molar-refractivity contribution >= 4 is 12.4 Å². The lowest BCUT2D eigenvalue weighted by molar-refractivity contribution is -0.132. The molecule has 0 aromatic heterocycles. The molecule has 0 aromatic carbocycles. The maximum absolute atomic E-state index is 10.2. The van der Waals surface area contributed by atoms with E-state index in [2.05, 4.69) is 4.99 Å². The fourth-order valence-electron chi connectivity index (χ4n) is 0.353. The molecule has 2 N–H and O–H groups in total. The van der Waals surface area contributed by atoms with Crippen LogP contribution in [0.1, 0.15) is 13.8 Å². The summed E-state index contributed by atoms with van der Waals surface area (Å²) in [5, 5.41) is 16.7. The lowest BCUT2D eigenvalue weighted by atomic mass is 10.5. The highest BCUT2D eigenvalue weighted by molar-refractivity contribution is 5.87. The fraction of sp³-hybridized carbons (Fsp3) is 0.429. The lowest BCUT2D eigenvalue weighted by Crippen LogP contribution is -2.02. The van der Waals surface area contributed by atoms with Gasteiger partial charge in [-0.05, 0) is 13.8 Å². The first-order valence-electron chi connectivity index (χ1n) is 3.33. The number of ether oxygens (including phenoxy) is 1. The molecular weight excluding hydrogens is 162 g/mol. The van der Waals surface area contributed by atoms with E-state index in [0.29, 0.717) is 6.26 Å². The van der Waals surface area contributed by atoms with Crippen molar-refractivity contribution in [1.82, 2.24) is 0 Å². The number of aliphatic hydroxyl groups is 1. The molecule has 0 aromatic rings. The van der Waals surface area contributed by atoms with E-state index in [0.717, 1.165) is 6.40 Å². The fourth-order valence-corrected chi connectivity index (χ4v) is 0.353. The Balaban J connectivity index is 4.04. The summed E-state index contributed by atoms with van der Waals surface area (Å²) in [4.78, 5) is 13.6. The van der Waals surface area contributed by atoms with Gasteiger partial charge in [0.15, 0.2) is 12.1 Å². The van der Waals surface area contributed by atoms with Crippen LogP contribution in [0.2, 0.25) is 0 Å². The number of hydrogen-bond donors (Lipinski definition) is 2. The van der Waals surface area contributed by atoms with E-state index in [-0.39, 0.29) is 6.10 Å². The van der Waals surface area contributed by atoms with Crippen molar-refractivity contribution in [3.05, 3.63) is 12.0 Å². The van der Waals surface area contributed by atoms with Gasteiger partial charge in [0.2, 0.25) is 0 Å². The minimum Gasteiger partial charge on any atom is -0.513 e. The van der Waals surface area contributed by atoms with E-state index in [9.17, 15) is 4.79 Å². The second kappa shape index (κ2) is 5.17. The van der Waals surface area contributed by atoms with Crippen LogP contribution in [0.5, 0.6) is 0 Å². The van der Waals surface area contributed by atoms with Crippen LogP contribution in [0.25, 0.3) is 0 Å². The van der Waals surface area contributed by atoms with Crippen LogP contribution in [-0.4, -0.2) is 28.7 Å². The van der Waals surface area contributed by atoms with Gasteiger partial charge < -0.3 is 14.9 Å². The molecule has 0 aliphatic rings. The highest BCUT2D eigenvalue weighted by Crippen LogP contribution is 1.94. The van der Waals surface area contributed by atoms with Gasteiger partial charge in [-0.15, -0.1) is 0 Å². The Kier molecular flexibility index (Phi) is 4.52. The molecule has 0 unspecified atom stereocenters. The predicted molar refractivity (Wildman–Crippen MR) is 43.1 cm³/mol. The lowest BCUT2D eigenvalue weighted by Gasteiger charge is -2.01. The van der Waals surface area contributed by atoms with E-state index in [1.165, 1.54) is 0 Å². The Labute approximate surface area is 70.0 Å². The van der Waals surface area contributed by atoms with E-state index in [1.807, 2.05) is 0 Å². The third-order valence-electron chi connectivity index (χ3n) is 0.866. The number of nitrogens with zero attached hydrogens (tertiary/aromatic N) is 1. The van der Waals surface area contributed by atoms with Crippen molar-refractivity contribution in [1.29, 1.82) is 0 Å². The van der Waals surface area contributed by atoms with Crippen LogP contribution in [0, 0.1) is 0 Å². The first-order chi connectivity index (χ1) is 5.57. The van der Waals surface area contributed by atoms with Gasteiger partial charge in [0.05, 0.1) is 6.10 Å². The van der Waals surface area contributed by atoms with Crippen LogP contribution in [0.15, 0.2) is 17.0 Å². The van der Waals surface area contributed by atoms with E-state index < -0.39 is 11.7 Å². The Morgan fingerprint density at radius 1 is 1.58 bits per heavy atom. The topological polar surface area (TPSA) is 79.1 Å². The number of carbonyl (C=O) groups is 1. The van der Waals surface area contributed by atoms with Crippen LogP contribution in [0.4, 0.5) is 0 Å². The molecule has 0 rings (SSSR count). The van der Waals surface area contributed by atoms with Crippen molar-refractivity contribution < 1.29 is 19.7 Å². The number of rotatable bonds is 4.